The van der Waals surface area contributed by atoms with Gasteiger partial charge in [0, 0.05) is 31.9 Å². The number of hydrogen-bond donors (Lipinski definition) is 1. The Labute approximate surface area is 127 Å². The van der Waals surface area contributed by atoms with E-state index in [-0.39, 0.29) is 0 Å². The predicted molar refractivity (Wildman–Crippen MR) is 85.7 cm³/mol. The quantitative estimate of drug-likeness (QED) is 0.845. The summed E-state index contributed by atoms with van der Waals surface area (Å²) in [4.78, 5) is 6.71. The smallest absolute Gasteiger partial charge is 0.0543 e. The van der Waals surface area contributed by atoms with E-state index in [1.54, 1.807) is 0 Å². The Morgan fingerprint density at radius 1 is 1.05 bits per heavy atom. The largest absolute Gasteiger partial charge is 0.310 e. The molecule has 110 valence electrons. The van der Waals surface area contributed by atoms with E-state index < -0.39 is 0 Å². The van der Waals surface area contributed by atoms with E-state index in [0.29, 0.717) is 0 Å². The van der Waals surface area contributed by atoms with E-state index in [1.165, 1.54) is 24.0 Å². The highest BCUT2D eigenvalue weighted by molar-refractivity contribution is 5.27. The number of pyridine rings is 1. The number of benzene rings is 1. The molecule has 1 aliphatic rings. The first kappa shape index (κ1) is 14.2. The Morgan fingerprint density at radius 2 is 1.81 bits per heavy atom. The van der Waals surface area contributed by atoms with Gasteiger partial charge in [0.1, 0.15) is 0 Å². The number of hydrogen-bond acceptors (Lipinski definition) is 3. The van der Waals surface area contributed by atoms with E-state index in [1.807, 2.05) is 18.3 Å². The first-order chi connectivity index (χ1) is 10.3. The highest BCUT2D eigenvalue weighted by Crippen LogP contribution is 2.20. The summed E-state index contributed by atoms with van der Waals surface area (Å²) in [5.41, 5.74) is 3.94. The zero-order chi connectivity index (χ0) is 14.5. The van der Waals surface area contributed by atoms with E-state index in [9.17, 15) is 0 Å². The van der Waals surface area contributed by atoms with Crippen LogP contribution in [-0.4, -0.2) is 23.0 Å². The van der Waals surface area contributed by atoms with Crippen LogP contribution in [0, 0.1) is 0 Å². The molecule has 0 bridgehead atoms. The second-order valence-electron chi connectivity index (χ2n) is 5.92. The monoisotopic (exact) mass is 281 g/mol. The average Bonchev–Trinajstić information content (AvgIpc) is 3.31. The fourth-order valence-electron chi connectivity index (χ4n) is 2.54. The Morgan fingerprint density at radius 3 is 2.52 bits per heavy atom. The fraction of sp³-hybridized carbons (Fsp3) is 0.389. The topological polar surface area (TPSA) is 28.2 Å². The van der Waals surface area contributed by atoms with Gasteiger partial charge in [-0.2, -0.15) is 0 Å². The number of nitrogens with zero attached hydrogens (tertiary/aromatic N) is 2. The van der Waals surface area contributed by atoms with Gasteiger partial charge in [-0.3, -0.25) is 9.88 Å². The van der Waals surface area contributed by atoms with Crippen LogP contribution in [0.1, 0.15) is 29.7 Å². The van der Waals surface area contributed by atoms with Gasteiger partial charge in [0.05, 0.1) is 5.69 Å². The molecular weight excluding hydrogens is 258 g/mol. The van der Waals surface area contributed by atoms with E-state index >= 15 is 0 Å². The second kappa shape index (κ2) is 6.83. The van der Waals surface area contributed by atoms with Gasteiger partial charge in [0.2, 0.25) is 0 Å². The molecule has 0 spiro atoms. The fourth-order valence-corrected chi connectivity index (χ4v) is 2.54. The first-order valence-corrected chi connectivity index (χ1v) is 7.70. The average molecular weight is 281 g/mol. The van der Waals surface area contributed by atoms with Gasteiger partial charge < -0.3 is 5.32 Å². The summed E-state index contributed by atoms with van der Waals surface area (Å²) in [6.07, 6.45) is 4.53. The van der Waals surface area contributed by atoms with Crippen molar-refractivity contribution in [1.82, 2.24) is 15.2 Å². The van der Waals surface area contributed by atoms with Crippen molar-refractivity contribution in [2.75, 3.05) is 7.05 Å². The second-order valence-corrected chi connectivity index (χ2v) is 5.92. The molecule has 0 unspecified atom stereocenters. The van der Waals surface area contributed by atoms with Crippen LogP contribution in [0.2, 0.25) is 0 Å². The maximum absolute atomic E-state index is 4.40. The van der Waals surface area contributed by atoms with E-state index in [2.05, 4.69) is 52.6 Å². The molecule has 1 heterocycles. The molecule has 1 aliphatic carbocycles. The third-order valence-electron chi connectivity index (χ3n) is 3.88. The van der Waals surface area contributed by atoms with E-state index in [4.69, 9.17) is 0 Å². The molecular formula is C18H23N3. The molecule has 3 nitrogen and oxygen atoms in total. The van der Waals surface area contributed by atoms with Crippen LogP contribution in [-0.2, 0) is 19.6 Å². The van der Waals surface area contributed by atoms with Crippen molar-refractivity contribution < 1.29 is 0 Å². The molecule has 0 radical (unpaired) electrons. The van der Waals surface area contributed by atoms with Crippen molar-refractivity contribution in [2.45, 2.75) is 38.5 Å². The lowest BCUT2D eigenvalue weighted by Crippen LogP contribution is -2.21. The van der Waals surface area contributed by atoms with Gasteiger partial charge in [-0.05, 0) is 43.1 Å². The zero-order valence-electron chi connectivity index (χ0n) is 12.6. The molecule has 0 aliphatic heterocycles. The summed E-state index contributed by atoms with van der Waals surface area (Å²) in [5.74, 6) is 0. The summed E-state index contributed by atoms with van der Waals surface area (Å²) in [6.45, 7) is 2.82. The molecule has 0 atom stereocenters. The standard InChI is InChI=1S/C18H23N3/c1-21(14-18-8-4-5-11-19-18)13-16-7-3-2-6-15(16)12-20-17-9-10-17/h2-8,11,17,20H,9-10,12-14H2,1H3. The predicted octanol–water partition coefficient (Wildman–Crippen LogP) is 2.97. The third-order valence-corrected chi connectivity index (χ3v) is 3.88. The Hall–Kier alpha value is -1.71. The number of rotatable bonds is 7. The molecule has 1 fully saturated rings. The molecule has 21 heavy (non-hydrogen) atoms. The lowest BCUT2D eigenvalue weighted by atomic mass is 10.1. The summed E-state index contributed by atoms with van der Waals surface area (Å²) in [6, 6.07) is 15.6. The van der Waals surface area contributed by atoms with Gasteiger partial charge in [0.15, 0.2) is 0 Å². The first-order valence-electron chi connectivity index (χ1n) is 7.70. The minimum atomic E-state index is 0.754. The van der Waals surface area contributed by atoms with Gasteiger partial charge in [-0.1, -0.05) is 30.3 Å². The van der Waals surface area contributed by atoms with Crippen molar-refractivity contribution in [1.29, 1.82) is 0 Å². The highest BCUT2D eigenvalue weighted by Gasteiger charge is 2.20. The summed E-state index contributed by atoms with van der Waals surface area (Å²) in [5, 5.41) is 3.61. The van der Waals surface area contributed by atoms with Crippen LogP contribution in [0.25, 0.3) is 0 Å². The Kier molecular flexibility index (Phi) is 4.63. The molecule has 1 aromatic carbocycles. The SMILES string of the molecule is CN(Cc1ccccn1)Cc1ccccc1CNC1CC1. The molecule has 0 saturated heterocycles. The van der Waals surface area contributed by atoms with Crippen molar-refractivity contribution in [3.8, 4) is 0 Å². The Bertz CT molecular complexity index is 564. The lowest BCUT2D eigenvalue weighted by molar-refractivity contribution is 0.314. The van der Waals surface area contributed by atoms with Crippen molar-refractivity contribution in [3.05, 3.63) is 65.5 Å². The van der Waals surface area contributed by atoms with Crippen LogP contribution in [0.4, 0.5) is 0 Å². The maximum atomic E-state index is 4.40. The summed E-state index contributed by atoms with van der Waals surface area (Å²) in [7, 11) is 2.15. The van der Waals surface area contributed by atoms with Crippen LogP contribution < -0.4 is 5.32 Å². The zero-order valence-corrected chi connectivity index (χ0v) is 12.6. The van der Waals surface area contributed by atoms with Gasteiger partial charge >= 0.3 is 0 Å². The minimum absolute atomic E-state index is 0.754. The van der Waals surface area contributed by atoms with Gasteiger partial charge in [0.25, 0.3) is 0 Å². The van der Waals surface area contributed by atoms with Crippen molar-refractivity contribution in [3.63, 3.8) is 0 Å². The summed E-state index contributed by atoms with van der Waals surface area (Å²) >= 11 is 0. The molecule has 3 rings (SSSR count). The van der Waals surface area contributed by atoms with Crippen molar-refractivity contribution >= 4 is 0 Å². The number of aromatic nitrogens is 1. The van der Waals surface area contributed by atoms with Crippen molar-refractivity contribution in [2.24, 2.45) is 0 Å². The molecule has 1 aromatic heterocycles. The molecule has 1 N–H and O–H groups in total. The normalized spacial score (nSPS) is 14.6. The van der Waals surface area contributed by atoms with Crippen LogP contribution >= 0.6 is 0 Å². The minimum Gasteiger partial charge on any atom is -0.310 e. The highest BCUT2D eigenvalue weighted by atomic mass is 15.1. The van der Waals surface area contributed by atoms with Crippen LogP contribution in [0.15, 0.2) is 48.7 Å². The van der Waals surface area contributed by atoms with Crippen LogP contribution in [0.3, 0.4) is 0 Å². The lowest BCUT2D eigenvalue weighted by Gasteiger charge is -2.18. The molecule has 2 aromatic rings. The molecule has 0 amide bonds. The molecule has 3 heteroatoms. The van der Waals surface area contributed by atoms with Gasteiger partial charge in [-0.15, -0.1) is 0 Å². The molecule has 1 saturated carbocycles. The number of nitrogens with one attached hydrogen (secondary N) is 1. The van der Waals surface area contributed by atoms with Crippen LogP contribution in [0.5, 0.6) is 0 Å². The summed E-state index contributed by atoms with van der Waals surface area (Å²) < 4.78 is 0. The van der Waals surface area contributed by atoms with Gasteiger partial charge in [-0.25, -0.2) is 0 Å². The van der Waals surface area contributed by atoms with E-state index in [0.717, 1.165) is 31.4 Å². The Balaban J connectivity index is 1.60. The third kappa shape index (κ3) is 4.38. The maximum Gasteiger partial charge on any atom is 0.0543 e.